The third-order valence-corrected chi connectivity index (χ3v) is 3.92. The number of ether oxygens (including phenoxy) is 1. The molecule has 1 atom stereocenters. The number of aromatic carboxylic acids is 1. The predicted octanol–water partition coefficient (Wildman–Crippen LogP) is 3.65. The lowest BCUT2D eigenvalue weighted by Gasteiger charge is -2.26. The van der Waals surface area contributed by atoms with Crippen molar-refractivity contribution in [1.82, 2.24) is 0 Å². The second kappa shape index (κ2) is 5.64. The maximum absolute atomic E-state index is 12.3. The third-order valence-electron chi connectivity index (χ3n) is 3.92. The number of carboxylic acids is 1. The van der Waals surface area contributed by atoms with Gasteiger partial charge in [-0.2, -0.15) is 0 Å². The van der Waals surface area contributed by atoms with Gasteiger partial charge < -0.3 is 9.84 Å². The van der Waals surface area contributed by atoms with Crippen molar-refractivity contribution in [3.8, 4) is 5.75 Å². The van der Waals surface area contributed by atoms with Crippen LogP contribution in [0, 0.1) is 0 Å². The molecule has 0 bridgehead atoms. The third kappa shape index (κ3) is 2.60. The first-order valence-corrected chi connectivity index (χ1v) is 7.24. The molecule has 1 N–H and O–H groups in total. The number of hydrogen-bond acceptors (Lipinski definition) is 3. The van der Waals surface area contributed by atoms with Crippen molar-refractivity contribution in [3.05, 3.63) is 64.7 Å². The molecule has 0 saturated carbocycles. The van der Waals surface area contributed by atoms with Crippen molar-refractivity contribution in [2.45, 2.75) is 25.9 Å². The number of carboxylic acid groups (broad SMARTS) is 1. The highest BCUT2D eigenvalue weighted by Gasteiger charge is 2.27. The number of aryl methyl sites for hydroxylation is 1. The van der Waals surface area contributed by atoms with Gasteiger partial charge in [-0.25, -0.2) is 4.79 Å². The second-order valence-corrected chi connectivity index (χ2v) is 5.35. The molecule has 2 aromatic carbocycles. The van der Waals surface area contributed by atoms with E-state index in [1.165, 1.54) is 12.1 Å². The van der Waals surface area contributed by atoms with Gasteiger partial charge in [-0.1, -0.05) is 25.1 Å². The van der Waals surface area contributed by atoms with E-state index >= 15 is 0 Å². The maximum Gasteiger partial charge on any atom is 0.335 e. The van der Waals surface area contributed by atoms with Crippen molar-refractivity contribution in [2.24, 2.45) is 0 Å². The number of rotatable bonds is 3. The summed E-state index contributed by atoms with van der Waals surface area (Å²) in [5, 5.41) is 8.93. The highest BCUT2D eigenvalue weighted by molar-refractivity contribution is 6.00. The Kier molecular flexibility index (Phi) is 3.67. The predicted molar refractivity (Wildman–Crippen MR) is 81.5 cm³/mol. The van der Waals surface area contributed by atoms with Crippen LogP contribution in [0.25, 0.3) is 0 Å². The van der Waals surface area contributed by atoms with Crippen LogP contribution in [-0.2, 0) is 6.42 Å². The minimum absolute atomic E-state index is 0.0521. The van der Waals surface area contributed by atoms with Crippen LogP contribution in [0.4, 0.5) is 0 Å². The largest absolute Gasteiger partial charge is 0.484 e. The number of hydrogen-bond donors (Lipinski definition) is 1. The Bertz CT molecular complexity index is 731. The Hall–Kier alpha value is -2.62. The van der Waals surface area contributed by atoms with E-state index in [0.29, 0.717) is 11.3 Å². The lowest BCUT2D eigenvalue weighted by molar-refractivity contribution is 0.0695. The molecule has 1 aliphatic heterocycles. The summed E-state index contributed by atoms with van der Waals surface area (Å²) in [4.78, 5) is 23.2. The van der Waals surface area contributed by atoms with E-state index in [2.05, 4.69) is 6.92 Å². The van der Waals surface area contributed by atoms with Gasteiger partial charge in [0.2, 0.25) is 0 Å². The molecule has 4 heteroatoms. The molecule has 1 heterocycles. The van der Waals surface area contributed by atoms with Gasteiger partial charge in [0.25, 0.3) is 0 Å². The van der Waals surface area contributed by atoms with Gasteiger partial charge in [0.1, 0.15) is 11.9 Å². The molecule has 0 fully saturated rings. The SMILES string of the molecule is CCc1ccc2c(c1)OC(c1ccc(C(=O)O)cc1)CC2=O. The quantitative estimate of drug-likeness (QED) is 0.939. The molecule has 0 radical (unpaired) electrons. The number of carbonyl (C=O) groups excluding carboxylic acids is 1. The number of ketones is 1. The molecule has 1 unspecified atom stereocenters. The molecule has 3 rings (SSSR count). The van der Waals surface area contributed by atoms with E-state index in [-0.39, 0.29) is 23.9 Å². The van der Waals surface area contributed by atoms with Crippen molar-refractivity contribution >= 4 is 11.8 Å². The average molecular weight is 296 g/mol. The van der Waals surface area contributed by atoms with Gasteiger partial charge in [0, 0.05) is 0 Å². The van der Waals surface area contributed by atoms with Crippen LogP contribution in [0.5, 0.6) is 5.75 Å². The van der Waals surface area contributed by atoms with Gasteiger partial charge in [-0.05, 0) is 41.8 Å². The van der Waals surface area contributed by atoms with Gasteiger partial charge in [0.05, 0.1) is 17.5 Å². The molecule has 0 aromatic heterocycles. The topological polar surface area (TPSA) is 63.6 Å². The summed E-state index contributed by atoms with van der Waals surface area (Å²) in [6, 6.07) is 12.1. The van der Waals surface area contributed by atoms with Gasteiger partial charge in [-0.15, -0.1) is 0 Å². The lowest BCUT2D eigenvalue weighted by atomic mass is 9.94. The van der Waals surface area contributed by atoms with Crippen molar-refractivity contribution in [2.75, 3.05) is 0 Å². The minimum atomic E-state index is -0.967. The van der Waals surface area contributed by atoms with Gasteiger partial charge in [-0.3, -0.25) is 4.79 Å². The first kappa shape index (κ1) is 14.3. The van der Waals surface area contributed by atoms with Crippen molar-refractivity contribution in [1.29, 1.82) is 0 Å². The average Bonchev–Trinajstić information content (AvgIpc) is 2.54. The van der Waals surface area contributed by atoms with Crippen LogP contribution in [-0.4, -0.2) is 16.9 Å². The molecule has 22 heavy (non-hydrogen) atoms. The molecular weight excluding hydrogens is 280 g/mol. The standard InChI is InChI=1S/C18H16O4/c1-2-11-3-8-14-15(19)10-16(22-17(14)9-11)12-4-6-13(7-5-12)18(20)21/h3-9,16H,2,10H2,1H3,(H,20,21). The van der Waals surface area contributed by atoms with Gasteiger partial charge >= 0.3 is 5.97 Å². The Morgan fingerprint density at radius 1 is 1.23 bits per heavy atom. The highest BCUT2D eigenvalue weighted by atomic mass is 16.5. The first-order valence-electron chi connectivity index (χ1n) is 7.24. The zero-order valence-electron chi connectivity index (χ0n) is 12.2. The maximum atomic E-state index is 12.3. The normalized spacial score (nSPS) is 16.8. The fourth-order valence-electron chi connectivity index (χ4n) is 2.61. The van der Waals surface area contributed by atoms with E-state index in [1.54, 1.807) is 12.1 Å². The Balaban J connectivity index is 1.90. The second-order valence-electron chi connectivity index (χ2n) is 5.35. The van der Waals surface area contributed by atoms with E-state index < -0.39 is 5.97 Å². The van der Waals surface area contributed by atoms with Crippen LogP contribution in [0.1, 0.15) is 51.3 Å². The Morgan fingerprint density at radius 2 is 1.95 bits per heavy atom. The number of carbonyl (C=O) groups is 2. The zero-order valence-corrected chi connectivity index (χ0v) is 12.2. The molecular formula is C18H16O4. The molecule has 112 valence electrons. The molecule has 0 aliphatic carbocycles. The first-order chi connectivity index (χ1) is 10.6. The summed E-state index contributed by atoms with van der Waals surface area (Å²) >= 11 is 0. The number of benzene rings is 2. The van der Waals surface area contributed by atoms with E-state index in [1.807, 2.05) is 18.2 Å². The summed E-state index contributed by atoms with van der Waals surface area (Å²) in [5.41, 5.74) is 2.77. The molecule has 4 nitrogen and oxygen atoms in total. The van der Waals surface area contributed by atoms with Crippen LogP contribution < -0.4 is 4.74 Å². The van der Waals surface area contributed by atoms with E-state index in [0.717, 1.165) is 17.5 Å². The fraction of sp³-hybridized carbons (Fsp3) is 0.222. The van der Waals surface area contributed by atoms with Crippen LogP contribution >= 0.6 is 0 Å². The molecule has 0 amide bonds. The summed E-state index contributed by atoms with van der Waals surface area (Å²) in [6.07, 6.45) is 0.781. The Labute approximate surface area is 128 Å². The number of fused-ring (bicyclic) bond motifs is 1. The van der Waals surface area contributed by atoms with Gasteiger partial charge in [0.15, 0.2) is 5.78 Å². The minimum Gasteiger partial charge on any atom is -0.484 e. The lowest BCUT2D eigenvalue weighted by Crippen LogP contribution is -2.20. The van der Waals surface area contributed by atoms with E-state index in [9.17, 15) is 9.59 Å². The summed E-state index contributed by atoms with van der Waals surface area (Å²) < 4.78 is 5.96. The Morgan fingerprint density at radius 3 is 2.59 bits per heavy atom. The van der Waals surface area contributed by atoms with Crippen LogP contribution in [0.2, 0.25) is 0 Å². The van der Waals surface area contributed by atoms with Crippen LogP contribution in [0.3, 0.4) is 0 Å². The van der Waals surface area contributed by atoms with E-state index in [4.69, 9.17) is 9.84 Å². The molecule has 2 aromatic rings. The van der Waals surface area contributed by atoms with Crippen molar-refractivity contribution in [3.63, 3.8) is 0 Å². The van der Waals surface area contributed by atoms with Crippen molar-refractivity contribution < 1.29 is 19.4 Å². The number of Topliss-reactive ketones (excluding diaryl/α,β-unsaturated/α-hetero) is 1. The molecule has 0 saturated heterocycles. The smallest absolute Gasteiger partial charge is 0.335 e. The summed E-state index contributed by atoms with van der Waals surface area (Å²) in [7, 11) is 0. The molecule has 0 spiro atoms. The summed E-state index contributed by atoms with van der Waals surface area (Å²) in [5.74, 6) is -0.302. The highest BCUT2D eigenvalue weighted by Crippen LogP contribution is 2.35. The summed E-state index contributed by atoms with van der Waals surface area (Å²) in [6.45, 7) is 2.05. The monoisotopic (exact) mass is 296 g/mol. The van der Waals surface area contributed by atoms with Crippen LogP contribution in [0.15, 0.2) is 42.5 Å². The molecule has 1 aliphatic rings. The fourth-order valence-corrected chi connectivity index (χ4v) is 2.61. The zero-order chi connectivity index (χ0) is 15.7.